The second kappa shape index (κ2) is 12.1. The molecule has 7 nitrogen and oxygen atoms in total. The molecule has 4 rings (SSSR count). The van der Waals surface area contributed by atoms with E-state index < -0.39 is 5.91 Å². The van der Waals surface area contributed by atoms with Gasteiger partial charge in [0.2, 0.25) is 0 Å². The largest absolute Gasteiger partial charge is 0.493 e. The number of nitrogens with zero attached hydrogens (tertiary/aromatic N) is 1. The van der Waals surface area contributed by atoms with Crippen molar-refractivity contribution in [2.24, 2.45) is 0 Å². The summed E-state index contributed by atoms with van der Waals surface area (Å²) in [5.41, 5.74) is 4.05. The summed E-state index contributed by atoms with van der Waals surface area (Å²) in [6, 6.07) is 15.9. The fourth-order valence-electron chi connectivity index (χ4n) is 3.73. The van der Waals surface area contributed by atoms with Crippen LogP contribution in [0.3, 0.4) is 0 Å². The molecule has 0 saturated carbocycles. The first kappa shape index (κ1) is 27.8. The summed E-state index contributed by atoms with van der Waals surface area (Å²) in [6.45, 7) is 3.78. The lowest BCUT2D eigenvalue weighted by Gasteiger charge is -2.14. The molecule has 3 aromatic rings. The van der Waals surface area contributed by atoms with Gasteiger partial charge in [0.15, 0.2) is 18.1 Å². The molecule has 10 heteroatoms. The summed E-state index contributed by atoms with van der Waals surface area (Å²) in [7, 11) is 1.48. The van der Waals surface area contributed by atoms with Crippen molar-refractivity contribution >= 4 is 68.1 Å². The number of carbonyl (C=O) groups is 3. The molecule has 3 aromatic carbocycles. The number of rotatable bonds is 8. The lowest BCUT2D eigenvalue weighted by molar-refractivity contribution is -0.123. The zero-order valence-electron chi connectivity index (χ0n) is 20.8. The van der Waals surface area contributed by atoms with Crippen molar-refractivity contribution in [3.63, 3.8) is 0 Å². The summed E-state index contributed by atoms with van der Waals surface area (Å²) in [5.74, 6) is 0.0512. The van der Waals surface area contributed by atoms with E-state index in [4.69, 9.17) is 21.1 Å². The van der Waals surface area contributed by atoms with Crippen molar-refractivity contribution in [1.29, 1.82) is 0 Å². The monoisotopic (exact) mass is 614 g/mol. The molecule has 0 radical (unpaired) electrons. The smallest absolute Gasteiger partial charge is 0.293 e. The Bertz CT molecular complexity index is 1460. The van der Waals surface area contributed by atoms with Gasteiger partial charge in [-0.1, -0.05) is 51.8 Å². The van der Waals surface area contributed by atoms with Gasteiger partial charge in [0.25, 0.3) is 17.1 Å². The third kappa shape index (κ3) is 6.23. The molecule has 1 fully saturated rings. The average Bonchev–Trinajstić information content (AvgIpc) is 3.16. The normalized spacial score (nSPS) is 14.2. The molecule has 1 saturated heterocycles. The van der Waals surface area contributed by atoms with Crippen LogP contribution in [0.1, 0.15) is 22.3 Å². The predicted molar refractivity (Wildman–Crippen MR) is 154 cm³/mol. The number of anilines is 1. The molecule has 1 N–H and O–H groups in total. The molecule has 0 aliphatic carbocycles. The van der Waals surface area contributed by atoms with Crippen molar-refractivity contribution in [3.8, 4) is 11.5 Å². The number of carbonyl (C=O) groups excluding carboxylic acids is 3. The highest BCUT2D eigenvalue weighted by Crippen LogP contribution is 2.36. The van der Waals surface area contributed by atoms with Crippen molar-refractivity contribution < 1.29 is 23.9 Å². The molecule has 1 heterocycles. The fourth-order valence-corrected chi connectivity index (χ4v) is 5.19. The first-order chi connectivity index (χ1) is 18.2. The number of thioether (sulfide) groups is 1. The molecule has 0 spiro atoms. The quantitative estimate of drug-likeness (QED) is 0.275. The minimum absolute atomic E-state index is 0.0964. The zero-order valence-corrected chi connectivity index (χ0v) is 24.0. The Labute approximate surface area is 238 Å². The van der Waals surface area contributed by atoms with Gasteiger partial charge in [-0.3, -0.25) is 19.3 Å². The molecule has 1 aliphatic rings. The minimum Gasteiger partial charge on any atom is -0.493 e. The number of benzene rings is 3. The van der Waals surface area contributed by atoms with Gasteiger partial charge in [-0.2, -0.15) is 0 Å². The van der Waals surface area contributed by atoms with Gasteiger partial charge in [0.1, 0.15) is 0 Å². The van der Waals surface area contributed by atoms with Crippen LogP contribution < -0.4 is 14.8 Å². The molecule has 38 heavy (non-hydrogen) atoms. The van der Waals surface area contributed by atoms with E-state index in [1.165, 1.54) is 12.0 Å². The minimum atomic E-state index is -0.394. The van der Waals surface area contributed by atoms with Gasteiger partial charge in [0, 0.05) is 15.2 Å². The lowest BCUT2D eigenvalue weighted by atomic mass is 10.1. The van der Waals surface area contributed by atoms with Crippen LogP contribution in [0.15, 0.2) is 64.0 Å². The van der Waals surface area contributed by atoms with Crippen LogP contribution in [0.2, 0.25) is 5.02 Å². The molecular weight excluding hydrogens is 592 g/mol. The second-order valence-electron chi connectivity index (χ2n) is 8.45. The number of halogens is 2. The van der Waals surface area contributed by atoms with E-state index in [0.29, 0.717) is 33.3 Å². The molecule has 0 aromatic heterocycles. The number of ether oxygens (including phenoxy) is 2. The first-order valence-electron chi connectivity index (χ1n) is 11.5. The Balaban J connectivity index is 1.43. The summed E-state index contributed by atoms with van der Waals surface area (Å²) in [4.78, 5) is 39.4. The van der Waals surface area contributed by atoms with Gasteiger partial charge in [-0.25, -0.2) is 0 Å². The highest BCUT2D eigenvalue weighted by atomic mass is 79.9. The van der Waals surface area contributed by atoms with Crippen molar-refractivity contribution in [1.82, 2.24) is 4.90 Å². The Morgan fingerprint density at radius 1 is 1.08 bits per heavy atom. The topological polar surface area (TPSA) is 84.9 Å². The SMILES string of the molecule is COc1cc(/C=C2\SC(=O)N(Cc3ccccc3Cl)C2=O)ccc1OCC(=O)Nc1ccc(Br)c(C)c1C. The average molecular weight is 616 g/mol. The van der Waals surface area contributed by atoms with Gasteiger partial charge in [-0.15, -0.1) is 0 Å². The van der Waals surface area contributed by atoms with Gasteiger partial charge >= 0.3 is 0 Å². The van der Waals surface area contributed by atoms with Crippen molar-refractivity contribution in [3.05, 3.63) is 91.3 Å². The second-order valence-corrected chi connectivity index (χ2v) is 10.7. The standard InChI is InChI=1S/C28H24BrClN2O5S/c1-16-17(2)22(10-9-20(16)29)31-26(33)15-37-23-11-8-18(12-24(23)36-3)13-25-27(34)32(28(35)38-25)14-19-6-4-5-7-21(19)30/h4-13H,14-15H2,1-3H3,(H,31,33)/b25-13-. The van der Waals surface area contributed by atoms with Crippen molar-refractivity contribution in [2.45, 2.75) is 20.4 Å². The maximum atomic E-state index is 12.9. The van der Waals surface area contributed by atoms with E-state index in [9.17, 15) is 14.4 Å². The highest BCUT2D eigenvalue weighted by Gasteiger charge is 2.35. The Morgan fingerprint density at radius 2 is 1.84 bits per heavy atom. The summed E-state index contributed by atoms with van der Waals surface area (Å²) in [5, 5.41) is 2.99. The number of imide groups is 1. The van der Waals surface area contributed by atoms with E-state index in [1.807, 2.05) is 26.0 Å². The Morgan fingerprint density at radius 3 is 2.58 bits per heavy atom. The summed E-state index contributed by atoms with van der Waals surface area (Å²) in [6.07, 6.45) is 1.62. The van der Waals surface area contributed by atoms with Crippen LogP contribution in [-0.2, 0) is 16.1 Å². The highest BCUT2D eigenvalue weighted by molar-refractivity contribution is 9.10. The molecular formula is C28H24BrClN2O5S. The van der Waals surface area contributed by atoms with Gasteiger partial charge < -0.3 is 14.8 Å². The molecule has 196 valence electrons. The van der Waals surface area contributed by atoms with Crippen LogP contribution in [0.25, 0.3) is 6.08 Å². The van der Waals surface area contributed by atoms with E-state index >= 15 is 0 Å². The lowest BCUT2D eigenvalue weighted by Crippen LogP contribution is -2.27. The number of nitrogens with one attached hydrogen (secondary N) is 1. The molecule has 0 atom stereocenters. The summed E-state index contributed by atoms with van der Waals surface area (Å²) < 4.78 is 12.1. The molecule has 0 unspecified atom stereocenters. The van der Waals surface area contributed by atoms with E-state index in [2.05, 4.69) is 21.2 Å². The van der Waals surface area contributed by atoms with E-state index in [1.54, 1.807) is 48.5 Å². The maximum absolute atomic E-state index is 12.9. The predicted octanol–water partition coefficient (Wildman–Crippen LogP) is 6.98. The first-order valence-corrected chi connectivity index (χ1v) is 13.5. The Kier molecular flexibility index (Phi) is 8.81. The molecule has 3 amide bonds. The van der Waals surface area contributed by atoms with Crippen LogP contribution in [-0.4, -0.2) is 35.7 Å². The summed E-state index contributed by atoms with van der Waals surface area (Å²) >= 11 is 10.5. The number of hydrogen-bond donors (Lipinski definition) is 1. The molecule has 1 aliphatic heterocycles. The van der Waals surface area contributed by atoms with E-state index in [0.717, 1.165) is 27.4 Å². The number of hydrogen-bond acceptors (Lipinski definition) is 6. The maximum Gasteiger partial charge on any atom is 0.293 e. The van der Waals surface area contributed by atoms with E-state index in [-0.39, 0.29) is 29.2 Å². The van der Waals surface area contributed by atoms with Crippen LogP contribution >= 0.6 is 39.3 Å². The molecule has 0 bridgehead atoms. The van der Waals surface area contributed by atoms with Gasteiger partial charge in [-0.05, 0) is 84.3 Å². The third-order valence-electron chi connectivity index (χ3n) is 6.00. The third-order valence-corrected chi connectivity index (χ3v) is 8.13. The van der Waals surface area contributed by atoms with Crippen LogP contribution in [0, 0.1) is 13.8 Å². The van der Waals surface area contributed by atoms with Crippen LogP contribution in [0.4, 0.5) is 10.5 Å². The Hall–Kier alpha value is -3.27. The fraction of sp³-hybridized carbons (Fsp3) is 0.179. The number of amides is 3. The zero-order chi connectivity index (χ0) is 27.4. The number of methoxy groups -OCH3 is 1. The van der Waals surface area contributed by atoms with Crippen molar-refractivity contribution in [2.75, 3.05) is 19.0 Å². The van der Waals surface area contributed by atoms with Crippen LogP contribution in [0.5, 0.6) is 11.5 Å². The van der Waals surface area contributed by atoms with Gasteiger partial charge in [0.05, 0.1) is 18.6 Å².